The third kappa shape index (κ3) is 2.79. The molecule has 0 aromatic carbocycles. The predicted octanol–water partition coefficient (Wildman–Crippen LogP) is 1.21. The van der Waals surface area contributed by atoms with Gasteiger partial charge in [-0.15, -0.1) is 0 Å². The topological polar surface area (TPSA) is 88.5 Å². The van der Waals surface area contributed by atoms with Crippen LogP contribution in [0.1, 0.15) is 16.8 Å². The van der Waals surface area contributed by atoms with Crippen LogP contribution < -0.4 is 0 Å². The summed E-state index contributed by atoms with van der Waals surface area (Å²) in [6, 6.07) is 3.67. The highest BCUT2D eigenvalue weighted by atomic mass is 16.6. The van der Waals surface area contributed by atoms with Crippen LogP contribution in [-0.4, -0.2) is 69.0 Å². The summed E-state index contributed by atoms with van der Waals surface area (Å²) in [6.45, 7) is 1.45. The Labute approximate surface area is 144 Å². The van der Waals surface area contributed by atoms with Gasteiger partial charge in [0.25, 0.3) is 5.91 Å². The molecule has 4 heterocycles. The summed E-state index contributed by atoms with van der Waals surface area (Å²) in [4.78, 5) is 40.1. The Balaban J connectivity index is 1.48. The zero-order chi connectivity index (χ0) is 17.4. The van der Waals surface area contributed by atoms with Crippen LogP contribution in [0.4, 0.5) is 4.79 Å². The van der Waals surface area contributed by atoms with Crippen molar-refractivity contribution in [2.24, 2.45) is 0 Å². The van der Waals surface area contributed by atoms with E-state index in [1.54, 1.807) is 35.3 Å². The summed E-state index contributed by atoms with van der Waals surface area (Å²) in [5.74, 6) is 0.370. The average Bonchev–Trinajstić information content (AvgIpc) is 3.17. The van der Waals surface area contributed by atoms with E-state index in [0.29, 0.717) is 37.4 Å². The predicted molar refractivity (Wildman–Crippen MR) is 87.6 cm³/mol. The number of rotatable bonds is 2. The molecular formula is C17H17N5O3. The maximum Gasteiger partial charge on any atom is 0.410 e. The van der Waals surface area contributed by atoms with Gasteiger partial charge in [0, 0.05) is 50.4 Å². The molecule has 2 aliphatic heterocycles. The first kappa shape index (κ1) is 15.5. The fourth-order valence-corrected chi connectivity index (χ4v) is 3.29. The standard InChI is InChI=1S/C17H17N5O3/c1-21-10-17(25-16(21)24)4-6-22(11-17)15(23)13-8-19-14(20-9-13)12-3-2-5-18-7-12/h2-3,5,7-9H,4,6,10-11H2,1H3/t17-/m0/s1. The minimum Gasteiger partial charge on any atom is -0.439 e. The Kier molecular flexibility index (Phi) is 3.60. The summed E-state index contributed by atoms with van der Waals surface area (Å²) < 4.78 is 5.47. The first-order valence-corrected chi connectivity index (χ1v) is 8.02. The molecule has 0 N–H and O–H groups in total. The van der Waals surface area contributed by atoms with Crippen LogP contribution >= 0.6 is 0 Å². The van der Waals surface area contributed by atoms with Crippen molar-refractivity contribution >= 4 is 12.0 Å². The molecule has 0 bridgehead atoms. The van der Waals surface area contributed by atoms with Crippen LogP contribution in [0, 0.1) is 0 Å². The molecule has 2 amide bonds. The summed E-state index contributed by atoms with van der Waals surface area (Å²) in [6.07, 6.45) is 6.71. The largest absolute Gasteiger partial charge is 0.439 e. The lowest BCUT2D eigenvalue weighted by atomic mass is 10.0. The van der Waals surface area contributed by atoms with Crippen LogP contribution in [0.3, 0.4) is 0 Å². The molecule has 25 heavy (non-hydrogen) atoms. The lowest BCUT2D eigenvalue weighted by Crippen LogP contribution is -2.39. The van der Waals surface area contributed by atoms with Gasteiger partial charge in [0.2, 0.25) is 0 Å². The van der Waals surface area contributed by atoms with Crippen molar-refractivity contribution in [2.75, 3.05) is 26.7 Å². The molecule has 1 atom stereocenters. The number of likely N-dealkylation sites (tertiary alicyclic amines) is 1. The quantitative estimate of drug-likeness (QED) is 0.817. The highest BCUT2D eigenvalue weighted by molar-refractivity contribution is 5.94. The molecule has 2 aromatic rings. The van der Waals surface area contributed by atoms with Crippen LogP contribution in [-0.2, 0) is 4.74 Å². The van der Waals surface area contributed by atoms with Crippen molar-refractivity contribution in [1.82, 2.24) is 24.8 Å². The second kappa shape index (κ2) is 5.80. The molecule has 1 spiro atoms. The second-order valence-electron chi connectivity index (χ2n) is 6.42. The molecule has 8 heteroatoms. The third-order valence-electron chi connectivity index (χ3n) is 4.56. The first-order valence-electron chi connectivity index (χ1n) is 8.02. The molecule has 0 aliphatic carbocycles. The van der Waals surface area contributed by atoms with Gasteiger partial charge < -0.3 is 14.5 Å². The maximum absolute atomic E-state index is 12.7. The van der Waals surface area contributed by atoms with Crippen molar-refractivity contribution in [1.29, 1.82) is 0 Å². The van der Waals surface area contributed by atoms with Crippen LogP contribution in [0.15, 0.2) is 36.9 Å². The molecule has 2 aliphatic rings. The van der Waals surface area contributed by atoms with Crippen LogP contribution in [0.2, 0.25) is 0 Å². The van der Waals surface area contributed by atoms with E-state index in [0.717, 1.165) is 5.56 Å². The Morgan fingerprint density at radius 1 is 1.24 bits per heavy atom. The smallest absolute Gasteiger partial charge is 0.410 e. The monoisotopic (exact) mass is 339 g/mol. The average molecular weight is 339 g/mol. The van der Waals surface area contributed by atoms with Gasteiger partial charge in [-0.25, -0.2) is 14.8 Å². The number of pyridine rings is 1. The van der Waals surface area contributed by atoms with Gasteiger partial charge in [-0.3, -0.25) is 9.78 Å². The molecule has 0 unspecified atom stereocenters. The van der Waals surface area contributed by atoms with E-state index in [1.807, 2.05) is 6.07 Å². The summed E-state index contributed by atoms with van der Waals surface area (Å²) in [7, 11) is 1.70. The van der Waals surface area contributed by atoms with Gasteiger partial charge in [-0.1, -0.05) is 0 Å². The van der Waals surface area contributed by atoms with Gasteiger partial charge in [0.1, 0.15) is 0 Å². The summed E-state index contributed by atoms with van der Waals surface area (Å²) in [5.41, 5.74) is 0.628. The number of likely N-dealkylation sites (N-methyl/N-ethyl adjacent to an activating group) is 1. The minimum absolute atomic E-state index is 0.153. The SMILES string of the molecule is CN1C[C@]2(CCN(C(=O)c3cnc(-c4cccnc4)nc3)C2)OC1=O. The van der Waals surface area contributed by atoms with Crippen molar-refractivity contribution < 1.29 is 14.3 Å². The Bertz CT molecular complexity index is 811. The second-order valence-corrected chi connectivity index (χ2v) is 6.42. The number of aromatic nitrogens is 3. The fourth-order valence-electron chi connectivity index (χ4n) is 3.29. The molecule has 2 saturated heterocycles. The van der Waals surface area contributed by atoms with E-state index < -0.39 is 5.60 Å². The number of amides is 2. The van der Waals surface area contributed by atoms with Crippen molar-refractivity contribution in [3.63, 3.8) is 0 Å². The molecule has 2 aromatic heterocycles. The van der Waals surface area contributed by atoms with E-state index in [2.05, 4.69) is 15.0 Å². The van der Waals surface area contributed by atoms with E-state index in [9.17, 15) is 9.59 Å². The van der Waals surface area contributed by atoms with Gasteiger partial charge in [-0.05, 0) is 12.1 Å². The molecule has 8 nitrogen and oxygen atoms in total. The summed E-state index contributed by atoms with van der Waals surface area (Å²) >= 11 is 0. The Morgan fingerprint density at radius 3 is 2.68 bits per heavy atom. The Morgan fingerprint density at radius 2 is 2.04 bits per heavy atom. The Hall–Kier alpha value is -3.03. The number of hydrogen-bond donors (Lipinski definition) is 0. The summed E-state index contributed by atoms with van der Waals surface area (Å²) in [5, 5.41) is 0. The van der Waals surface area contributed by atoms with Crippen LogP contribution in [0.25, 0.3) is 11.4 Å². The zero-order valence-corrected chi connectivity index (χ0v) is 13.8. The number of carbonyl (C=O) groups is 2. The normalized spacial score (nSPS) is 22.5. The van der Waals surface area contributed by atoms with E-state index in [1.165, 1.54) is 12.4 Å². The molecule has 0 radical (unpaired) electrons. The number of ether oxygens (including phenoxy) is 1. The van der Waals surface area contributed by atoms with Gasteiger partial charge in [0.15, 0.2) is 11.4 Å². The number of nitrogens with zero attached hydrogens (tertiary/aromatic N) is 5. The van der Waals surface area contributed by atoms with Crippen LogP contribution in [0.5, 0.6) is 0 Å². The first-order chi connectivity index (χ1) is 12.1. The van der Waals surface area contributed by atoms with E-state index >= 15 is 0 Å². The van der Waals surface area contributed by atoms with E-state index in [4.69, 9.17) is 4.74 Å². The zero-order valence-electron chi connectivity index (χ0n) is 13.8. The highest BCUT2D eigenvalue weighted by Gasteiger charge is 2.49. The molecular weight excluding hydrogens is 322 g/mol. The van der Waals surface area contributed by atoms with Gasteiger partial charge in [-0.2, -0.15) is 0 Å². The number of carbonyl (C=O) groups excluding carboxylic acids is 2. The lowest BCUT2D eigenvalue weighted by molar-refractivity contribution is 0.0552. The van der Waals surface area contributed by atoms with E-state index in [-0.39, 0.29) is 12.0 Å². The molecule has 128 valence electrons. The van der Waals surface area contributed by atoms with Crippen molar-refractivity contribution in [2.45, 2.75) is 12.0 Å². The molecule has 2 fully saturated rings. The van der Waals surface area contributed by atoms with Crippen molar-refractivity contribution in [3.05, 3.63) is 42.5 Å². The van der Waals surface area contributed by atoms with Gasteiger partial charge in [0.05, 0.1) is 18.7 Å². The third-order valence-corrected chi connectivity index (χ3v) is 4.56. The fraction of sp³-hybridized carbons (Fsp3) is 0.353. The van der Waals surface area contributed by atoms with Gasteiger partial charge >= 0.3 is 6.09 Å². The molecule has 4 rings (SSSR count). The maximum atomic E-state index is 12.7. The lowest BCUT2D eigenvalue weighted by Gasteiger charge is -2.21. The molecule has 0 saturated carbocycles. The minimum atomic E-state index is -0.585. The highest BCUT2D eigenvalue weighted by Crippen LogP contribution is 2.32. The number of hydrogen-bond acceptors (Lipinski definition) is 6. The van der Waals surface area contributed by atoms with Crippen molar-refractivity contribution in [3.8, 4) is 11.4 Å².